The lowest BCUT2D eigenvalue weighted by Gasteiger charge is -2.23. The van der Waals surface area contributed by atoms with Crippen LogP contribution in [-0.2, 0) is 0 Å². The smallest absolute Gasteiger partial charge is 0.0236 e. The van der Waals surface area contributed by atoms with Crippen LogP contribution in [0.25, 0.3) is 0 Å². The molecular formula is C16H30. The van der Waals surface area contributed by atoms with Crippen LogP contribution < -0.4 is 0 Å². The maximum Gasteiger partial charge on any atom is -0.0236 e. The Kier molecular flexibility index (Phi) is 6.84. The third kappa shape index (κ3) is 5.72. The van der Waals surface area contributed by atoms with Crippen LogP contribution in [-0.4, -0.2) is 0 Å². The highest BCUT2D eigenvalue weighted by Crippen LogP contribution is 2.28. The summed E-state index contributed by atoms with van der Waals surface area (Å²) in [5.74, 6) is 2.84. The fraction of sp³-hybridized carbons (Fsp3) is 0.875. The second kappa shape index (κ2) is 7.92. The van der Waals surface area contributed by atoms with Crippen LogP contribution in [0.4, 0.5) is 0 Å². The van der Waals surface area contributed by atoms with Crippen molar-refractivity contribution in [3.8, 4) is 0 Å². The molecule has 94 valence electrons. The summed E-state index contributed by atoms with van der Waals surface area (Å²) in [6.07, 6.45) is 15.1. The maximum atomic E-state index is 3.81. The van der Waals surface area contributed by atoms with Crippen LogP contribution in [0, 0.1) is 17.8 Å². The van der Waals surface area contributed by atoms with E-state index < -0.39 is 0 Å². The summed E-state index contributed by atoms with van der Waals surface area (Å²) in [7, 11) is 0. The van der Waals surface area contributed by atoms with Gasteiger partial charge in [-0.2, -0.15) is 0 Å². The largest absolute Gasteiger partial charge is 0.103 e. The fourth-order valence-electron chi connectivity index (χ4n) is 2.83. The van der Waals surface area contributed by atoms with Gasteiger partial charge in [0.2, 0.25) is 0 Å². The van der Waals surface area contributed by atoms with Gasteiger partial charge in [-0.25, -0.2) is 0 Å². The van der Waals surface area contributed by atoms with Gasteiger partial charge in [-0.05, 0) is 30.6 Å². The molecule has 2 rings (SSSR count). The average molecular weight is 222 g/mol. The molecule has 0 heterocycles. The van der Waals surface area contributed by atoms with Gasteiger partial charge in [0, 0.05) is 0 Å². The van der Waals surface area contributed by atoms with E-state index in [0.29, 0.717) is 0 Å². The number of allylic oxidation sites excluding steroid dienone is 1. The van der Waals surface area contributed by atoms with E-state index in [4.69, 9.17) is 0 Å². The highest BCUT2D eigenvalue weighted by Gasteiger charge is 2.14. The quantitative estimate of drug-likeness (QED) is 0.508. The van der Waals surface area contributed by atoms with E-state index in [9.17, 15) is 0 Å². The summed E-state index contributed by atoms with van der Waals surface area (Å²) < 4.78 is 0. The lowest BCUT2D eigenvalue weighted by molar-refractivity contribution is 0.331. The minimum atomic E-state index is 0.834. The third-order valence-corrected chi connectivity index (χ3v) is 4.29. The molecule has 0 aromatic heterocycles. The van der Waals surface area contributed by atoms with Gasteiger partial charge in [0.15, 0.2) is 0 Å². The zero-order valence-electron chi connectivity index (χ0n) is 11.4. The van der Waals surface area contributed by atoms with E-state index in [1.54, 1.807) is 0 Å². The van der Waals surface area contributed by atoms with Gasteiger partial charge in [0.1, 0.15) is 0 Å². The Balaban J connectivity index is 0.000000165. The van der Waals surface area contributed by atoms with Crippen molar-refractivity contribution in [1.29, 1.82) is 0 Å². The fourth-order valence-corrected chi connectivity index (χ4v) is 2.83. The Morgan fingerprint density at radius 1 is 0.750 bits per heavy atom. The molecule has 0 unspecified atom stereocenters. The standard InChI is InChI=1S/C9H16.C7H14/c1-3-9-6-4-8(2)5-7-9;1-7-5-3-2-4-6-7/h3,8-9H,1,4-7H2,2H3;7H,2-6H2,1H3. The zero-order chi connectivity index (χ0) is 11.8. The van der Waals surface area contributed by atoms with Gasteiger partial charge < -0.3 is 0 Å². The van der Waals surface area contributed by atoms with Crippen molar-refractivity contribution < 1.29 is 0 Å². The Labute approximate surface area is 103 Å². The first-order chi connectivity index (χ1) is 7.72. The van der Waals surface area contributed by atoms with Crippen molar-refractivity contribution >= 4 is 0 Å². The molecule has 0 radical (unpaired) electrons. The summed E-state index contributed by atoms with van der Waals surface area (Å²) >= 11 is 0. The second-order valence-corrected chi connectivity index (χ2v) is 6.00. The van der Waals surface area contributed by atoms with Gasteiger partial charge in [0.05, 0.1) is 0 Å². The van der Waals surface area contributed by atoms with Crippen molar-refractivity contribution in [2.75, 3.05) is 0 Å². The number of hydrogen-bond donors (Lipinski definition) is 0. The molecule has 0 aromatic rings. The van der Waals surface area contributed by atoms with Crippen LogP contribution in [0.15, 0.2) is 12.7 Å². The molecule has 0 spiro atoms. The molecule has 0 aromatic carbocycles. The summed E-state index contributed by atoms with van der Waals surface area (Å²) in [4.78, 5) is 0. The van der Waals surface area contributed by atoms with Gasteiger partial charge in [0.25, 0.3) is 0 Å². The first-order valence-electron chi connectivity index (χ1n) is 7.35. The highest BCUT2D eigenvalue weighted by molar-refractivity contribution is 4.82. The van der Waals surface area contributed by atoms with Crippen LogP contribution in [0.5, 0.6) is 0 Å². The molecular weight excluding hydrogens is 192 g/mol. The zero-order valence-corrected chi connectivity index (χ0v) is 11.4. The Bertz CT molecular complexity index is 168. The predicted molar refractivity (Wildman–Crippen MR) is 73.6 cm³/mol. The topological polar surface area (TPSA) is 0 Å². The Morgan fingerprint density at radius 2 is 1.25 bits per heavy atom. The lowest BCUT2D eigenvalue weighted by atomic mass is 9.83. The van der Waals surface area contributed by atoms with E-state index in [-0.39, 0.29) is 0 Å². The maximum absolute atomic E-state index is 3.81. The van der Waals surface area contributed by atoms with Crippen LogP contribution >= 0.6 is 0 Å². The number of rotatable bonds is 1. The minimum absolute atomic E-state index is 0.834. The average Bonchev–Trinajstić information content (AvgIpc) is 2.32. The van der Waals surface area contributed by atoms with Gasteiger partial charge in [-0.3, -0.25) is 0 Å². The van der Waals surface area contributed by atoms with Gasteiger partial charge in [-0.15, -0.1) is 6.58 Å². The predicted octanol–water partition coefficient (Wildman–Crippen LogP) is 5.59. The molecule has 0 amide bonds. The monoisotopic (exact) mass is 222 g/mol. The van der Waals surface area contributed by atoms with Crippen molar-refractivity contribution in [1.82, 2.24) is 0 Å². The normalized spacial score (nSPS) is 31.4. The summed E-state index contributed by atoms with van der Waals surface area (Å²) in [6, 6.07) is 0. The molecule has 2 aliphatic rings. The number of hydrogen-bond acceptors (Lipinski definition) is 0. The van der Waals surface area contributed by atoms with Gasteiger partial charge >= 0.3 is 0 Å². The molecule has 0 saturated heterocycles. The first-order valence-corrected chi connectivity index (χ1v) is 7.35. The van der Waals surface area contributed by atoms with Crippen molar-refractivity contribution in [3.63, 3.8) is 0 Å². The first kappa shape index (κ1) is 13.8. The van der Waals surface area contributed by atoms with Crippen molar-refractivity contribution in [2.45, 2.75) is 71.6 Å². The lowest BCUT2D eigenvalue weighted by Crippen LogP contribution is -2.09. The molecule has 16 heavy (non-hydrogen) atoms. The molecule has 0 aliphatic heterocycles. The minimum Gasteiger partial charge on any atom is -0.103 e. The van der Waals surface area contributed by atoms with Gasteiger partial charge in [-0.1, -0.05) is 64.9 Å². The Morgan fingerprint density at radius 3 is 1.62 bits per heavy atom. The highest BCUT2D eigenvalue weighted by atomic mass is 14.2. The van der Waals surface area contributed by atoms with E-state index in [0.717, 1.165) is 17.8 Å². The summed E-state index contributed by atoms with van der Waals surface area (Å²) in [5.41, 5.74) is 0. The van der Waals surface area contributed by atoms with Crippen LogP contribution in [0.1, 0.15) is 71.6 Å². The molecule has 0 atom stereocenters. The molecule has 0 N–H and O–H groups in total. The van der Waals surface area contributed by atoms with Crippen molar-refractivity contribution in [2.24, 2.45) is 17.8 Å². The van der Waals surface area contributed by atoms with E-state index in [2.05, 4.69) is 26.5 Å². The Hall–Kier alpha value is -0.260. The molecule has 2 aliphatic carbocycles. The van der Waals surface area contributed by atoms with E-state index >= 15 is 0 Å². The van der Waals surface area contributed by atoms with E-state index in [1.165, 1.54) is 57.8 Å². The summed E-state index contributed by atoms with van der Waals surface area (Å²) in [5, 5.41) is 0. The molecule has 2 fully saturated rings. The molecule has 0 bridgehead atoms. The summed E-state index contributed by atoms with van der Waals surface area (Å²) in [6.45, 7) is 8.52. The molecule has 0 heteroatoms. The van der Waals surface area contributed by atoms with Crippen molar-refractivity contribution in [3.05, 3.63) is 12.7 Å². The molecule has 2 saturated carbocycles. The van der Waals surface area contributed by atoms with Crippen LogP contribution in [0.3, 0.4) is 0 Å². The SMILES string of the molecule is C=CC1CCC(C)CC1.CC1CCCCC1. The van der Waals surface area contributed by atoms with E-state index in [1.807, 2.05) is 0 Å². The van der Waals surface area contributed by atoms with Crippen LogP contribution in [0.2, 0.25) is 0 Å². The third-order valence-electron chi connectivity index (χ3n) is 4.29. The second-order valence-electron chi connectivity index (χ2n) is 6.00. The molecule has 0 nitrogen and oxygen atoms in total.